The maximum atomic E-state index is 13.4. The summed E-state index contributed by atoms with van der Waals surface area (Å²) in [6.07, 6.45) is 0. The number of fused-ring (bicyclic) bond motifs is 1. The maximum Gasteiger partial charge on any atom is 0.262 e. The van der Waals surface area contributed by atoms with Gasteiger partial charge in [-0.25, -0.2) is 0 Å². The second-order valence-electron chi connectivity index (χ2n) is 8.42. The van der Waals surface area contributed by atoms with Crippen molar-refractivity contribution >= 4 is 40.9 Å². The van der Waals surface area contributed by atoms with Crippen molar-refractivity contribution in [3.63, 3.8) is 0 Å². The van der Waals surface area contributed by atoms with Crippen LogP contribution in [0.15, 0.2) is 66.7 Å². The molecule has 0 bridgehead atoms. The predicted molar refractivity (Wildman–Crippen MR) is 133 cm³/mol. The van der Waals surface area contributed by atoms with Gasteiger partial charge in [-0.15, -0.1) is 0 Å². The molecule has 2 atom stereocenters. The van der Waals surface area contributed by atoms with Crippen LogP contribution >= 0.6 is 11.6 Å². The Morgan fingerprint density at radius 1 is 0.800 bits per heavy atom. The van der Waals surface area contributed by atoms with Gasteiger partial charge in [-0.1, -0.05) is 60.1 Å². The van der Waals surface area contributed by atoms with Gasteiger partial charge in [0.25, 0.3) is 17.7 Å². The van der Waals surface area contributed by atoms with Crippen LogP contribution in [0.3, 0.4) is 0 Å². The number of benzene rings is 3. The molecule has 3 aromatic rings. The Labute approximate surface area is 208 Å². The molecule has 4 rings (SSSR count). The number of aryl methyl sites for hydroxylation is 2. The van der Waals surface area contributed by atoms with Crippen molar-refractivity contribution < 1.29 is 19.2 Å². The number of carbonyl (C=O) groups excluding carboxylic acids is 4. The van der Waals surface area contributed by atoms with Crippen LogP contribution in [-0.4, -0.2) is 34.6 Å². The number of halogens is 1. The summed E-state index contributed by atoms with van der Waals surface area (Å²) in [7, 11) is 0. The quantitative estimate of drug-likeness (QED) is 0.500. The minimum Gasteiger partial charge on any atom is -0.339 e. The highest BCUT2D eigenvalue weighted by Crippen LogP contribution is 2.28. The largest absolute Gasteiger partial charge is 0.339 e. The van der Waals surface area contributed by atoms with Crippen LogP contribution in [0, 0.1) is 13.8 Å². The number of anilines is 1. The molecule has 0 aliphatic carbocycles. The monoisotopic (exact) mass is 489 g/mol. The molecule has 0 radical (unpaired) electrons. The molecule has 0 saturated heterocycles. The van der Waals surface area contributed by atoms with Crippen LogP contribution in [0.1, 0.15) is 50.4 Å². The van der Waals surface area contributed by atoms with Gasteiger partial charge in [-0.05, 0) is 50.1 Å². The van der Waals surface area contributed by atoms with Crippen molar-refractivity contribution in [2.24, 2.45) is 0 Å². The average molecular weight is 490 g/mol. The summed E-state index contributed by atoms with van der Waals surface area (Å²) < 4.78 is 0. The van der Waals surface area contributed by atoms with Crippen molar-refractivity contribution in [1.29, 1.82) is 0 Å². The second kappa shape index (κ2) is 9.72. The molecule has 1 aliphatic rings. The van der Waals surface area contributed by atoms with E-state index in [1.807, 2.05) is 32.0 Å². The lowest BCUT2D eigenvalue weighted by molar-refractivity contribution is -0.129. The van der Waals surface area contributed by atoms with Crippen LogP contribution in [0.5, 0.6) is 0 Å². The third-order valence-corrected chi connectivity index (χ3v) is 6.43. The molecule has 0 saturated carbocycles. The Bertz CT molecular complexity index is 1300. The summed E-state index contributed by atoms with van der Waals surface area (Å²) in [4.78, 5) is 53.3. The highest BCUT2D eigenvalue weighted by molar-refractivity contribution is 6.31. The summed E-state index contributed by atoms with van der Waals surface area (Å²) in [6, 6.07) is 16.4. The summed E-state index contributed by atoms with van der Waals surface area (Å²) >= 11 is 6.38. The van der Waals surface area contributed by atoms with Crippen molar-refractivity contribution in [3.05, 3.63) is 99.6 Å². The zero-order valence-electron chi connectivity index (χ0n) is 19.5. The number of carbonyl (C=O) groups is 4. The number of amides is 4. The Kier molecular flexibility index (Phi) is 6.71. The fourth-order valence-corrected chi connectivity index (χ4v) is 4.39. The smallest absolute Gasteiger partial charge is 0.262 e. The zero-order chi connectivity index (χ0) is 25.3. The second-order valence-corrected chi connectivity index (χ2v) is 8.83. The fourth-order valence-electron chi connectivity index (χ4n) is 4.14. The molecule has 7 nitrogen and oxygen atoms in total. The van der Waals surface area contributed by atoms with E-state index >= 15 is 0 Å². The molecule has 0 fully saturated rings. The number of hydrogen-bond acceptors (Lipinski definition) is 4. The molecule has 1 aliphatic heterocycles. The molecular formula is C27H24ClN3O4. The molecule has 2 N–H and O–H groups in total. The van der Waals surface area contributed by atoms with Gasteiger partial charge in [-0.2, -0.15) is 0 Å². The van der Waals surface area contributed by atoms with E-state index in [0.717, 1.165) is 16.0 Å². The van der Waals surface area contributed by atoms with E-state index in [-0.39, 0.29) is 11.1 Å². The first-order chi connectivity index (χ1) is 16.7. The lowest BCUT2D eigenvalue weighted by atomic mass is 10.0. The molecule has 4 amide bonds. The molecule has 35 heavy (non-hydrogen) atoms. The zero-order valence-corrected chi connectivity index (χ0v) is 20.2. The lowest BCUT2D eigenvalue weighted by Gasteiger charge is -2.26. The standard InChI is InChI=1S/C27H24ClN3O4/c1-15-9-8-10-16(2)22(15)29-25(33)23(20-13-6-7-14-21(20)28)30-24(32)17(3)31-26(34)18-11-4-5-12-19(18)27(31)35/h4-14,17,23H,1-3H3,(H,29,33)(H,30,32). The van der Waals surface area contributed by atoms with Gasteiger partial charge in [0.15, 0.2) is 0 Å². The SMILES string of the molecule is Cc1cccc(C)c1NC(=O)C(NC(=O)C(C)N1C(=O)c2ccccc2C1=O)c1ccccc1Cl. The minimum atomic E-state index is -1.16. The third kappa shape index (κ3) is 4.55. The highest BCUT2D eigenvalue weighted by atomic mass is 35.5. The van der Waals surface area contributed by atoms with E-state index in [1.54, 1.807) is 48.5 Å². The van der Waals surface area contributed by atoms with Gasteiger partial charge in [0, 0.05) is 16.3 Å². The van der Waals surface area contributed by atoms with Crippen molar-refractivity contribution in [2.75, 3.05) is 5.32 Å². The first kappa shape index (κ1) is 24.2. The van der Waals surface area contributed by atoms with E-state index in [2.05, 4.69) is 10.6 Å². The van der Waals surface area contributed by atoms with Gasteiger partial charge < -0.3 is 10.6 Å². The highest BCUT2D eigenvalue weighted by Gasteiger charge is 2.41. The number of rotatable bonds is 6. The van der Waals surface area contributed by atoms with E-state index in [9.17, 15) is 19.2 Å². The normalized spacial score (nSPS) is 14.3. The molecule has 8 heteroatoms. The lowest BCUT2D eigenvalue weighted by Crippen LogP contribution is -2.50. The topological polar surface area (TPSA) is 95.6 Å². The maximum absolute atomic E-state index is 13.4. The molecule has 2 unspecified atom stereocenters. The van der Waals surface area contributed by atoms with Crippen molar-refractivity contribution in [1.82, 2.24) is 10.2 Å². The van der Waals surface area contributed by atoms with Gasteiger partial charge in [0.05, 0.1) is 11.1 Å². The Balaban J connectivity index is 1.62. The summed E-state index contributed by atoms with van der Waals surface area (Å²) in [6.45, 7) is 5.19. The van der Waals surface area contributed by atoms with E-state index in [1.165, 1.54) is 6.92 Å². The Hall–Kier alpha value is -3.97. The molecule has 178 valence electrons. The molecular weight excluding hydrogens is 466 g/mol. The summed E-state index contributed by atoms with van der Waals surface area (Å²) in [5.41, 5.74) is 3.24. The minimum absolute atomic E-state index is 0.243. The summed E-state index contributed by atoms with van der Waals surface area (Å²) in [5.74, 6) is -2.27. The van der Waals surface area contributed by atoms with Crippen LogP contribution < -0.4 is 10.6 Å². The van der Waals surface area contributed by atoms with Crippen LogP contribution in [-0.2, 0) is 9.59 Å². The number of nitrogens with zero attached hydrogens (tertiary/aromatic N) is 1. The number of para-hydroxylation sites is 1. The molecule has 0 aromatic heterocycles. The molecule has 1 heterocycles. The third-order valence-electron chi connectivity index (χ3n) is 6.09. The van der Waals surface area contributed by atoms with Gasteiger partial charge in [-0.3, -0.25) is 24.1 Å². The van der Waals surface area contributed by atoms with E-state index < -0.39 is 35.7 Å². The predicted octanol–water partition coefficient (Wildman–Crippen LogP) is 4.44. The van der Waals surface area contributed by atoms with Gasteiger partial charge in [0.1, 0.15) is 12.1 Å². The van der Waals surface area contributed by atoms with Crippen molar-refractivity contribution in [2.45, 2.75) is 32.9 Å². The van der Waals surface area contributed by atoms with Gasteiger partial charge >= 0.3 is 0 Å². The first-order valence-electron chi connectivity index (χ1n) is 11.1. The number of hydrogen-bond donors (Lipinski definition) is 2. The average Bonchev–Trinajstić information content (AvgIpc) is 3.10. The Morgan fingerprint density at radius 2 is 1.34 bits per heavy atom. The summed E-state index contributed by atoms with van der Waals surface area (Å²) in [5, 5.41) is 5.88. The number of nitrogens with one attached hydrogen (secondary N) is 2. The van der Waals surface area contributed by atoms with Crippen LogP contribution in [0.4, 0.5) is 5.69 Å². The van der Waals surface area contributed by atoms with E-state index in [0.29, 0.717) is 16.3 Å². The molecule has 0 spiro atoms. The fraction of sp³-hybridized carbons (Fsp3) is 0.185. The Morgan fingerprint density at radius 3 is 1.91 bits per heavy atom. The van der Waals surface area contributed by atoms with E-state index in [4.69, 9.17) is 11.6 Å². The molecule has 3 aromatic carbocycles. The number of imide groups is 1. The van der Waals surface area contributed by atoms with Crippen molar-refractivity contribution in [3.8, 4) is 0 Å². The van der Waals surface area contributed by atoms with Crippen LogP contribution in [0.25, 0.3) is 0 Å². The van der Waals surface area contributed by atoms with Crippen LogP contribution in [0.2, 0.25) is 5.02 Å². The first-order valence-corrected chi connectivity index (χ1v) is 11.5. The van der Waals surface area contributed by atoms with Gasteiger partial charge in [0.2, 0.25) is 5.91 Å².